The van der Waals surface area contributed by atoms with Crippen molar-refractivity contribution >= 4 is 5.91 Å². The molecule has 0 unspecified atom stereocenters. The predicted octanol–water partition coefficient (Wildman–Crippen LogP) is 3.13. The van der Waals surface area contributed by atoms with Crippen LogP contribution in [0.5, 0.6) is 0 Å². The standard InChI is InChI=1S/C19H21N5O/c1-13(2)18-17-7-5-9-23(17)10-11-24(18)19(25)16-12-15(21-22-16)14-6-3-4-8-20-14/h3-9,12-13,18H,10-11H2,1-2H3,(H,21,22)/t18-/m1/s1. The Kier molecular flexibility index (Phi) is 3.87. The number of hydrogen-bond donors (Lipinski definition) is 1. The summed E-state index contributed by atoms with van der Waals surface area (Å²) in [6, 6.07) is 11.7. The first-order chi connectivity index (χ1) is 12.1. The summed E-state index contributed by atoms with van der Waals surface area (Å²) in [5.74, 6) is 0.317. The zero-order valence-corrected chi connectivity index (χ0v) is 14.4. The van der Waals surface area contributed by atoms with Gasteiger partial charge >= 0.3 is 0 Å². The van der Waals surface area contributed by atoms with Crippen LogP contribution in [0.15, 0.2) is 48.8 Å². The summed E-state index contributed by atoms with van der Waals surface area (Å²) < 4.78 is 2.24. The number of pyridine rings is 1. The third-order valence-corrected chi connectivity index (χ3v) is 4.71. The first-order valence-corrected chi connectivity index (χ1v) is 8.58. The molecule has 0 fully saturated rings. The van der Waals surface area contributed by atoms with E-state index in [4.69, 9.17) is 0 Å². The molecule has 0 aliphatic carbocycles. The number of H-pyrrole nitrogens is 1. The average molecular weight is 335 g/mol. The van der Waals surface area contributed by atoms with Crippen molar-refractivity contribution in [2.75, 3.05) is 6.54 Å². The van der Waals surface area contributed by atoms with Gasteiger partial charge in [0.1, 0.15) is 11.4 Å². The summed E-state index contributed by atoms with van der Waals surface area (Å²) in [4.78, 5) is 19.4. The molecule has 1 amide bonds. The highest BCUT2D eigenvalue weighted by Crippen LogP contribution is 2.33. The van der Waals surface area contributed by atoms with E-state index in [1.54, 1.807) is 12.3 Å². The van der Waals surface area contributed by atoms with Crippen LogP contribution in [0.2, 0.25) is 0 Å². The molecular weight excluding hydrogens is 314 g/mol. The van der Waals surface area contributed by atoms with E-state index in [0.29, 0.717) is 23.9 Å². The van der Waals surface area contributed by atoms with Gasteiger partial charge in [0.15, 0.2) is 0 Å². The van der Waals surface area contributed by atoms with Crippen LogP contribution < -0.4 is 0 Å². The number of nitrogens with one attached hydrogen (secondary N) is 1. The Labute approximate surface area is 146 Å². The lowest BCUT2D eigenvalue weighted by molar-refractivity contribution is 0.0550. The minimum atomic E-state index is -0.0131. The Hall–Kier alpha value is -2.89. The minimum Gasteiger partial charge on any atom is -0.348 e. The highest BCUT2D eigenvalue weighted by molar-refractivity contribution is 5.93. The molecule has 1 aliphatic rings. The molecule has 0 bridgehead atoms. The SMILES string of the molecule is CC(C)[C@@H]1c2cccn2CCN1C(=O)c1cc(-c2ccccn2)n[nH]1. The number of fused-ring (bicyclic) bond motifs is 1. The van der Waals surface area contributed by atoms with Crippen LogP contribution in [-0.2, 0) is 6.54 Å². The number of carbonyl (C=O) groups is 1. The topological polar surface area (TPSA) is 66.8 Å². The fourth-order valence-electron chi connectivity index (χ4n) is 3.57. The van der Waals surface area contributed by atoms with Gasteiger partial charge in [-0.2, -0.15) is 5.10 Å². The number of hydrogen-bond acceptors (Lipinski definition) is 3. The van der Waals surface area contributed by atoms with Gasteiger partial charge in [-0.1, -0.05) is 19.9 Å². The van der Waals surface area contributed by atoms with Gasteiger partial charge in [-0.05, 0) is 36.2 Å². The Morgan fingerprint density at radius 3 is 2.84 bits per heavy atom. The third kappa shape index (κ3) is 2.73. The van der Waals surface area contributed by atoms with Crippen LogP contribution in [0.3, 0.4) is 0 Å². The van der Waals surface area contributed by atoms with Gasteiger partial charge in [0.2, 0.25) is 0 Å². The molecule has 3 aromatic rings. The second-order valence-corrected chi connectivity index (χ2v) is 6.70. The predicted molar refractivity (Wildman–Crippen MR) is 94.9 cm³/mol. The van der Waals surface area contributed by atoms with E-state index in [-0.39, 0.29) is 11.9 Å². The first-order valence-electron chi connectivity index (χ1n) is 8.58. The van der Waals surface area contributed by atoms with E-state index in [9.17, 15) is 4.79 Å². The summed E-state index contributed by atoms with van der Waals surface area (Å²) in [6.45, 7) is 5.82. The van der Waals surface area contributed by atoms with E-state index < -0.39 is 0 Å². The summed E-state index contributed by atoms with van der Waals surface area (Å²) in [5.41, 5.74) is 3.14. The lowest BCUT2D eigenvalue weighted by Crippen LogP contribution is -2.44. The zero-order chi connectivity index (χ0) is 17.4. The van der Waals surface area contributed by atoms with Crippen LogP contribution in [0.25, 0.3) is 11.4 Å². The van der Waals surface area contributed by atoms with Crippen molar-refractivity contribution in [1.82, 2.24) is 24.6 Å². The van der Waals surface area contributed by atoms with Crippen molar-refractivity contribution in [2.45, 2.75) is 26.4 Å². The number of amides is 1. The molecule has 1 aliphatic heterocycles. The molecule has 6 heteroatoms. The molecule has 0 saturated carbocycles. The molecule has 3 aromatic heterocycles. The monoisotopic (exact) mass is 335 g/mol. The molecule has 128 valence electrons. The molecule has 4 heterocycles. The highest BCUT2D eigenvalue weighted by atomic mass is 16.2. The number of aromatic nitrogens is 4. The van der Waals surface area contributed by atoms with Gasteiger partial charge in [-0.25, -0.2) is 0 Å². The number of nitrogens with zero attached hydrogens (tertiary/aromatic N) is 4. The van der Waals surface area contributed by atoms with Crippen LogP contribution in [0.4, 0.5) is 0 Å². The summed E-state index contributed by atoms with van der Waals surface area (Å²) in [7, 11) is 0. The van der Waals surface area contributed by atoms with Crippen molar-refractivity contribution in [3.05, 3.63) is 60.2 Å². The number of carbonyl (C=O) groups excluding carboxylic acids is 1. The van der Waals surface area contributed by atoms with Gasteiger partial charge < -0.3 is 9.47 Å². The summed E-state index contributed by atoms with van der Waals surface area (Å²) in [5, 5.41) is 7.16. The lowest BCUT2D eigenvalue weighted by Gasteiger charge is -2.39. The van der Waals surface area contributed by atoms with E-state index >= 15 is 0 Å². The molecule has 0 aromatic carbocycles. The van der Waals surface area contributed by atoms with Gasteiger partial charge in [0, 0.05) is 31.2 Å². The molecule has 1 atom stereocenters. The molecule has 25 heavy (non-hydrogen) atoms. The van der Waals surface area contributed by atoms with Gasteiger partial charge in [-0.15, -0.1) is 0 Å². The van der Waals surface area contributed by atoms with Crippen molar-refractivity contribution in [2.24, 2.45) is 5.92 Å². The largest absolute Gasteiger partial charge is 0.348 e. The average Bonchev–Trinajstić information content (AvgIpc) is 3.30. The Morgan fingerprint density at radius 2 is 2.08 bits per heavy atom. The molecule has 1 N–H and O–H groups in total. The van der Waals surface area contributed by atoms with Crippen molar-refractivity contribution in [1.29, 1.82) is 0 Å². The lowest BCUT2D eigenvalue weighted by atomic mass is 9.96. The van der Waals surface area contributed by atoms with Gasteiger partial charge in [0.25, 0.3) is 5.91 Å². The molecule has 0 radical (unpaired) electrons. The van der Waals surface area contributed by atoms with Gasteiger partial charge in [0.05, 0.1) is 11.7 Å². The van der Waals surface area contributed by atoms with Gasteiger partial charge in [-0.3, -0.25) is 14.9 Å². The molecule has 0 saturated heterocycles. The first kappa shape index (κ1) is 15.6. The highest BCUT2D eigenvalue weighted by Gasteiger charge is 2.34. The van der Waals surface area contributed by atoms with Crippen LogP contribution in [0, 0.1) is 5.92 Å². The van der Waals surface area contributed by atoms with Crippen molar-refractivity contribution in [3.8, 4) is 11.4 Å². The van der Waals surface area contributed by atoms with E-state index in [1.165, 1.54) is 5.69 Å². The maximum Gasteiger partial charge on any atom is 0.272 e. The fraction of sp³-hybridized carbons (Fsp3) is 0.316. The van der Waals surface area contributed by atoms with E-state index in [2.05, 4.69) is 45.9 Å². The molecular formula is C19H21N5O. The number of aromatic amines is 1. The minimum absolute atomic E-state index is 0.0131. The maximum atomic E-state index is 13.1. The van der Waals surface area contributed by atoms with Crippen LogP contribution in [0.1, 0.15) is 36.1 Å². The van der Waals surface area contributed by atoms with Crippen LogP contribution >= 0.6 is 0 Å². The summed E-state index contributed by atoms with van der Waals surface area (Å²) >= 11 is 0. The maximum absolute atomic E-state index is 13.1. The fourth-order valence-corrected chi connectivity index (χ4v) is 3.57. The second-order valence-electron chi connectivity index (χ2n) is 6.70. The number of rotatable bonds is 3. The molecule has 0 spiro atoms. The van der Waals surface area contributed by atoms with Crippen molar-refractivity contribution < 1.29 is 4.79 Å². The summed E-state index contributed by atoms with van der Waals surface area (Å²) in [6.07, 6.45) is 3.81. The molecule has 4 rings (SSSR count). The third-order valence-electron chi connectivity index (χ3n) is 4.71. The normalized spacial score (nSPS) is 16.9. The Bertz CT molecular complexity index is 880. The van der Waals surface area contributed by atoms with Crippen LogP contribution in [-0.4, -0.2) is 37.1 Å². The van der Waals surface area contributed by atoms with E-state index in [1.807, 2.05) is 29.2 Å². The second kappa shape index (κ2) is 6.20. The van der Waals surface area contributed by atoms with Crippen molar-refractivity contribution in [3.63, 3.8) is 0 Å². The molecule has 6 nitrogen and oxygen atoms in total. The zero-order valence-electron chi connectivity index (χ0n) is 14.4. The Morgan fingerprint density at radius 1 is 1.20 bits per heavy atom. The smallest absolute Gasteiger partial charge is 0.272 e. The van der Waals surface area contributed by atoms with E-state index in [0.717, 1.165) is 12.2 Å². The Balaban J connectivity index is 1.64. The quantitative estimate of drug-likeness (QED) is 0.799.